The van der Waals surface area contributed by atoms with Crippen molar-refractivity contribution in [3.05, 3.63) is 59.4 Å². The molecule has 0 unspecified atom stereocenters. The minimum atomic E-state index is 0. The summed E-state index contributed by atoms with van der Waals surface area (Å²) in [5.74, 6) is 0.361. The molecule has 0 aromatic rings. The number of aliphatic hydroxyl groups is 1. The number of halogens is 1. The Morgan fingerprint density at radius 2 is 1.77 bits per heavy atom. The topological polar surface area (TPSA) is 20.2 Å². The standard InChI is InChI=1S/C11H10O.ClH/c12-11-8-4-2-6-9-5-1-3-7-10(9)11;/h1-4,6-8,12H,5H2;1H. The third-order valence-corrected chi connectivity index (χ3v) is 2.02. The second-order valence-electron chi connectivity index (χ2n) is 2.84. The van der Waals surface area contributed by atoms with Crippen molar-refractivity contribution in [3.8, 4) is 0 Å². The summed E-state index contributed by atoms with van der Waals surface area (Å²) < 4.78 is 0. The Morgan fingerprint density at radius 1 is 1.00 bits per heavy atom. The van der Waals surface area contributed by atoms with E-state index in [0.29, 0.717) is 5.76 Å². The van der Waals surface area contributed by atoms with Crippen LogP contribution in [0.15, 0.2) is 59.4 Å². The molecular weight excluding hydrogens is 184 g/mol. The first-order chi connectivity index (χ1) is 5.88. The van der Waals surface area contributed by atoms with Crippen molar-refractivity contribution in [2.24, 2.45) is 0 Å². The first-order valence-electron chi connectivity index (χ1n) is 4.02. The molecule has 0 spiro atoms. The molecule has 0 amide bonds. The molecular formula is C11H11ClO. The summed E-state index contributed by atoms with van der Waals surface area (Å²) in [6.45, 7) is 0. The van der Waals surface area contributed by atoms with Crippen LogP contribution in [0.5, 0.6) is 0 Å². The fourth-order valence-corrected chi connectivity index (χ4v) is 1.39. The molecule has 2 heteroatoms. The van der Waals surface area contributed by atoms with Crippen molar-refractivity contribution in [1.29, 1.82) is 0 Å². The normalized spacial score (nSPS) is 18.9. The van der Waals surface area contributed by atoms with E-state index in [2.05, 4.69) is 6.08 Å². The molecule has 0 aliphatic heterocycles. The number of hydrogen-bond donors (Lipinski definition) is 1. The molecule has 0 aromatic carbocycles. The van der Waals surface area contributed by atoms with Crippen molar-refractivity contribution in [3.63, 3.8) is 0 Å². The van der Waals surface area contributed by atoms with E-state index in [-0.39, 0.29) is 12.4 Å². The Kier molecular flexibility index (Phi) is 3.15. The highest BCUT2D eigenvalue weighted by atomic mass is 35.5. The Balaban J connectivity index is 0.000000845. The van der Waals surface area contributed by atoms with Crippen molar-refractivity contribution in [2.75, 3.05) is 0 Å². The summed E-state index contributed by atoms with van der Waals surface area (Å²) >= 11 is 0. The maximum atomic E-state index is 9.55. The van der Waals surface area contributed by atoms with E-state index in [1.54, 1.807) is 6.08 Å². The predicted molar refractivity (Wildman–Crippen MR) is 57.0 cm³/mol. The predicted octanol–water partition coefficient (Wildman–Crippen LogP) is 3.23. The van der Waals surface area contributed by atoms with Gasteiger partial charge in [-0.15, -0.1) is 12.4 Å². The van der Waals surface area contributed by atoms with Crippen molar-refractivity contribution >= 4 is 12.4 Å². The van der Waals surface area contributed by atoms with Crippen LogP contribution < -0.4 is 0 Å². The Labute approximate surface area is 83.9 Å². The van der Waals surface area contributed by atoms with Crippen LogP contribution in [0.1, 0.15) is 6.42 Å². The fraction of sp³-hybridized carbons (Fsp3) is 0.0909. The number of allylic oxidation sites excluding steroid dienone is 8. The molecule has 1 nitrogen and oxygen atoms in total. The van der Waals surface area contributed by atoms with Crippen LogP contribution in [-0.2, 0) is 0 Å². The van der Waals surface area contributed by atoms with Gasteiger partial charge >= 0.3 is 0 Å². The van der Waals surface area contributed by atoms with Crippen LogP contribution in [0.2, 0.25) is 0 Å². The summed E-state index contributed by atoms with van der Waals surface area (Å²) in [5, 5.41) is 9.55. The van der Waals surface area contributed by atoms with Gasteiger partial charge in [0.1, 0.15) is 5.76 Å². The number of aliphatic hydroxyl groups excluding tert-OH is 1. The fourth-order valence-electron chi connectivity index (χ4n) is 1.39. The molecule has 2 rings (SSSR count). The Bertz CT molecular complexity index is 343. The quantitative estimate of drug-likeness (QED) is 0.628. The van der Waals surface area contributed by atoms with E-state index < -0.39 is 0 Å². The summed E-state index contributed by atoms with van der Waals surface area (Å²) in [6, 6.07) is 0. The maximum absolute atomic E-state index is 9.55. The van der Waals surface area contributed by atoms with Crippen LogP contribution in [0.25, 0.3) is 0 Å². The van der Waals surface area contributed by atoms with Gasteiger partial charge in [-0.05, 0) is 18.1 Å². The average molecular weight is 195 g/mol. The lowest BCUT2D eigenvalue weighted by Gasteiger charge is -2.10. The summed E-state index contributed by atoms with van der Waals surface area (Å²) in [4.78, 5) is 0. The molecule has 0 bridgehead atoms. The van der Waals surface area contributed by atoms with E-state index in [0.717, 1.165) is 12.0 Å². The molecule has 0 saturated carbocycles. The van der Waals surface area contributed by atoms with E-state index in [1.165, 1.54) is 5.57 Å². The molecule has 0 saturated heterocycles. The highest BCUT2D eigenvalue weighted by Crippen LogP contribution is 2.26. The van der Waals surface area contributed by atoms with Crippen LogP contribution in [-0.4, -0.2) is 5.11 Å². The second-order valence-corrected chi connectivity index (χ2v) is 2.84. The lowest BCUT2D eigenvalue weighted by Crippen LogP contribution is -1.95. The minimum Gasteiger partial charge on any atom is -0.507 e. The van der Waals surface area contributed by atoms with Gasteiger partial charge in [0, 0.05) is 5.57 Å². The maximum Gasteiger partial charge on any atom is 0.123 e. The Morgan fingerprint density at radius 3 is 2.62 bits per heavy atom. The van der Waals surface area contributed by atoms with Gasteiger partial charge in [-0.2, -0.15) is 0 Å². The van der Waals surface area contributed by atoms with E-state index in [9.17, 15) is 5.11 Å². The molecule has 0 heterocycles. The van der Waals surface area contributed by atoms with Crippen LogP contribution in [0.4, 0.5) is 0 Å². The molecule has 1 N–H and O–H groups in total. The summed E-state index contributed by atoms with van der Waals surface area (Å²) in [5.41, 5.74) is 2.13. The van der Waals surface area contributed by atoms with E-state index >= 15 is 0 Å². The largest absolute Gasteiger partial charge is 0.507 e. The third kappa shape index (κ3) is 1.93. The number of hydrogen-bond acceptors (Lipinski definition) is 1. The molecule has 0 fully saturated rings. The van der Waals surface area contributed by atoms with Crippen LogP contribution in [0, 0.1) is 0 Å². The van der Waals surface area contributed by atoms with Gasteiger partial charge < -0.3 is 5.11 Å². The van der Waals surface area contributed by atoms with Crippen molar-refractivity contribution < 1.29 is 5.11 Å². The average Bonchev–Trinajstić information content (AvgIpc) is 2.29. The number of fused-ring (bicyclic) bond motifs is 1. The monoisotopic (exact) mass is 194 g/mol. The molecule has 0 aromatic heterocycles. The summed E-state index contributed by atoms with van der Waals surface area (Å²) in [7, 11) is 0. The van der Waals surface area contributed by atoms with E-state index in [4.69, 9.17) is 0 Å². The minimum absolute atomic E-state index is 0. The Hall–Kier alpha value is -1.21. The first kappa shape index (κ1) is 9.87. The molecule has 13 heavy (non-hydrogen) atoms. The zero-order chi connectivity index (χ0) is 8.39. The molecule has 68 valence electrons. The van der Waals surface area contributed by atoms with E-state index in [1.807, 2.05) is 30.4 Å². The molecule has 2 aliphatic rings. The third-order valence-electron chi connectivity index (χ3n) is 2.02. The van der Waals surface area contributed by atoms with Gasteiger partial charge in [0.2, 0.25) is 0 Å². The molecule has 0 radical (unpaired) electrons. The zero-order valence-electron chi connectivity index (χ0n) is 7.10. The van der Waals surface area contributed by atoms with Gasteiger partial charge in [0.25, 0.3) is 0 Å². The smallest absolute Gasteiger partial charge is 0.123 e. The zero-order valence-corrected chi connectivity index (χ0v) is 7.92. The van der Waals surface area contributed by atoms with Crippen LogP contribution >= 0.6 is 12.4 Å². The number of rotatable bonds is 0. The van der Waals surface area contributed by atoms with Gasteiger partial charge in [-0.3, -0.25) is 0 Å². The molecule has 0 atom stereocenters. The van der Waals surface area contributed by atoms with Gasteiger partial charge in [0.05, 0.1) is 0 Å². The summed E-state index contributed by atoms with van der Waals surface area (Å²) in [6.07, 6.45) is 14.5. The second kappa shape index (κ2) is 4.15. The lowest BCUT2D eigenvalue weighted by molar-refractivity contribution is 0.425. The highest BCUT2D eigenvalue weighted by molar-refractivity contribution is 5.85. The highest BCUT2D eigenvalue weighted by Gasteiger charge is 2.10. The molecule has 2 aliphatic carbocycles. The van der Waals surface area contributed by atoms with Gasteiger partial charge in [-0.1, -0.05) is 36.5 Å². The lowest BCUT2D eigenvalue weighted by atomic mass is 9.97. The first-order valence-corrected chi connectivity index (χ1v) is 4.02. The van der Waals surface area contributed by atoms with Crippen molar-refractivity contribution in [1.82, 2.24) is 0 Å². The van der Waals surface area contributed by atoms with Crippen LogP contribution in [0.3, 0.4) is 0 Å². The van der Waals surface area contributed by atoms with Crippen molar-refractivity contribution in [2.45, 2.75) is 6.42 Å². The SMILES string of the molecule is Cl.OC1=CC=CC=C2CC=CC=C12. The van der Waals surface area contributed by atoms with Gasteiger partial charge in [0.15, 0.2) is 0 Å². The van der Waals surface area contributed by atoms with Gasteiger partial charge in [-0.25, -0.2) is 0 Å².